The molecule has 1 atom stereocenters. The Labute approximate surface area is 124 Å². The fourth-order valence-corrected chi connectivity index (χ4v) is 2.93. The van der Waals surface area contributed by atoms with E-state index in [2.05, 4.69) is 21.9 Å². The molecular weight excluding hydrogens is 276 g/mol. The van der Waals surface area contributed by atoms with Crippen molar-refractivity contribution in [2.75, 3.05) is 25.0 Å². The van der Waals surface area contributed by atoms with Gasteiger partial charge in [-0.2, -0.15) is 5.10 Å². The summed E-state index contributed by atoms with van der Waals surface area (Å²) >= 11 is 6.26. The highest BCUT2D eigenvalue weighted by molar-refractivity contribution is 6.33. The maximum Gasteiger partial charge on any atom is 0.287 e. The van der Waals surface area contributed by atoms with Crippen molar-refractivity contribution in [1.82, 2.24) is 15.1 Å². The zero-order valence-electron chi connectivity index (χ0n) is 11.8. The quantitative estimate of drug-likeness (QED) is 0.840. The van der Waals surface area contributed by atoms with Gasteiger partial charge in [0.25, 0.3) is 5.56 Å². The van der Waals surface area contributed by atoms with Crippen LogP contribution in [0.5, 0.6) is 0 Å². The fraction of sp³-hybridized carbons (Fsp3) is 0.571. The highest BCUT2D eigenvalue weighted by atomic mass is 35.5. The molecule has 1 aliphatic rings. The molecule has 0 bridgehead atoms. The van der Waals surface area contributed by atoms with E-state index >= 15 is 0 Å². The Hall–Kier alpha value is -1.33. The SMILES string of the molecule is C=CCn1ncc(N2CCCCC2CNC)c(Cl)c1=O. The van der Waals surface area contributed by atoms with Gasteiger partial charge >= 0.3 is 0 Å². The largest absolute Gasteiger partial charge is 0.365 e. The molecular formula is C14H21ClN4O. The molecule has 5 nitrogen and oxygen atoms in total. The van der Waals surface area contributed by atoms with Crippen LogP contribution in [-0.2, 0) is 6.54 Å². The van der Waals surface area contributed by atoms with Crippen molar-refractivity contribution < 1.29 is 0 Å². The van der Waals surface area contributed by atoms with Gasteiger partial charge in [-0.15, -0.1) is 6.58 Å². The van der Waals surface area contributed by atoms with Gasteiger partial charge in [-0.3, -0.25) is 4.79 Å². The third kappa shape index (κ3) is 3.04. The number of hydrogen-bond donors (Lipinski definition) is 1. The third-order valence-electron chi connectivity index (χ3n) is 3.64. The van der Waals surface area contributed by atoms with Crippen molar-refractivity contribution in [1.29, 1.82) is 0 Å². The monoisotopic (exact) mass is 296 g/mol. The summed E-state index contributed by atoms with van der Waals surface area (Å²) in [5.41, 5.74) is 0.495. The summed E-state index contributed by atoms with van der Waals surface area (Å²) in [7, 11) is 1.94. The third-order valence-corrected chi connectivity index (χ3v) is 4.00. The van der Waals surface area contributed by atoms with Crippen LogP contribution in [0.1, 0.15) is 19.3 Å². The van der Waals surface area contributed by atoms with Crippen LogP contribution < -0.4 is 15.8 Å². The number of allylic oxidation sites excluding steroid dienone is 1. The second-order valence-electron chi connectivity index (χ2n) is 5.02. The Morgan fingerprint density at radius 1 is 1.60 bits per heavy atom. The summed E-state index contributed by atoms with van der Waals surface area (Å²) in [6.45, 7) is 5.78. The van der Waals surface area contributed by atoms with Crippen molar-refractivity contribution >= 4 is 17.3 Å². The lowest BCUT2D eigenvalue weighted by Gasteiger charge is -2.37. The van der Waals surface area contributed by atoms with E-state index in [0.717, 1.165) is 31.6 Å². The molecule has 1 aliphatic heterocycles. The second kappa shape index (κ2) is 6.90. The summed E-state index contributed by atoms with van der Waals surface area (Å²) < 4.78 is 1.33. The van der Waals surface area contributed by atoms with Crippen molar-refractivity contribution in [3.05, 3.63) is 34.2 Å². The van der Waals surface area contributed by atoms with E-state index in [-0.39, 0.29) is 10.6 Å². The van der Waals surface area contributed by atoms with Gasteiger partial charge in [0.15, 0.2) is 0 Å². The molecule has 1 saturated heterocycles. The van der Waals surface area contributed by atoms with Crippen LogP contribution in [-0.4, -0.2) is 36.0 Å². The molecule has 110 valence electrons. The Morgan fingerprint density at radius 3 is 3.10 bits per heavy atom. The smallest absolute Gasteiger partial charge is 0.287 e. The molecule has 1 aromatic heterocycles. The van der Waals surface area contributed by atoms with E-state index in [9.17, 15) is 4.79 Å². The van der Waals surface area contributed by atoms with Crippen LogP contribution in [0.4, 0.5) is 5.69 Å². The normalized spacial score (nSPS) is 19.1. The average molecular weight is 297 g/mol. The molecule has 1 unspecified atom stereocenters. The Kier molecular flexibility index (Phi) is 5.20. The number of anilines is 1. The summed E-state index contributed by atoms with van der Waals surface area (Å²) in [4.78, 5) is 14.4. The maximum atomic E-state index is 12.2. The second-order valence-corrected chi connectivity index (χ2v) is 5.40. The van der Waals surface area contributed by atoms with E-state index in [4.69, 9.17) is 11.6 Å². The zero-order valence-corrected chi connectivity index (χ0v) is 12.6. The molecule has 6 heteroatoms. The lowest BCUT2D eigenvalue weighted by Crippen LogP contribution is -2.45. The summed E-state index contributed by atoms with van der Waals surface area (Å²) in [5, 5.41) is 7.64. The minimum Gasteiger partial charge on any atom is -0.365 e. The molecule has 0 saturated carbocycles. The Bertz CT molecular complexity index is 526. The molecule has 0 aliphatic carbocycles. The first-order valence-electron chi connectivity index (χ1n) is 6.96. The molecule has 1 aromatic rings. The molecule has 0 spiro atoms. The van der Waals surface area contributed by atoms with Crippen LogP contribution in [0, 0.1) is 0 Å². The van der Waals surface area contributed by atoms with Crippen molar-refractivity contribution in [3.63, 3.8) is 0 Å². The molecule has 0 aromatic carbocycles. The predicted octanol–water partition coefficient (Wildman–Crippen LogP) is 1.66. The van der Waals surface area contributed by atoms with Crippen LogP contribution in [0.2, 0.25) is 5.02 Å². The Morgan fingerprint density at radius 2 is 2.40 bits per heavy atom. The summed E-state index contributed by atoms with van der Waals surface area (Å²) in [6, 6.07) is 0.364. The number of aromatic nitrogens is 2. The van der Waals surface area contributed by atoms with Crippen molar-refractivity contribution in [2.45, 2.75) is 31.8 Å². The first kappa shape index (κ1) is 15.1. The van der Waals surface area contributed by atoms with Gasteiger partial charge in [0.1, 0.15) is 5.02 Å². The van der Waals surface area contributed by atoms with Gasteiger partial charge in [-0.1, -0.05) is 17.7 Å². The molecule has 0 radical (unpaired) electrons. The van der Waals surface area contributed by atoms with Gasteiger partial charge in [0.05, 0.1) is 18.4 Å². The van der Waals surface area contributed by atoms with Gasteiger partial charge in [-0.25, -0.2) is 4.68 Å². The summed E-state index contributed by atoms with van der Waals surface area (Å²) in [5.74, 6) is 0. The minimum absolute atomic E-state index is 0.252. The number of nitrogens with zero attached hydrogens (tertiary/aromatic N) is 3. The Balaban J connectivity index is 2.33. The number of rotatable bonds is 5. The van der Waals surface area contributed by atoms with Gasteiger partial charge in [0.2, 0.25) is 0 Å². The van der Waals surface area contributed by atoms with Gasteiger partial charge in [0, 0.05) is 19.1 Å². The van der Waals surface area contributed by atoms with Crippen LogP contribution in [0.25, 0.3) is 0 Å². The van der Waals surface area contributed by atoms with Gasteiger partial charge in [-0.05, 0) is 26.3 Å². The molecule has 1 N–H and O–H groups in total. The highest BCUT2D eigenvalue weighted by Gasteiger charge is 2.25. The fourth-order valence-electron chi connectivity index (χ4n) is 2.67. The number of nitrogens with one attached hydrogen (secondary N) is 1. The molecule has 2 rings (SSSR count). The lowest BCUT2D eigenvalue weighted by molar-refractivity contribution is 0.445. The van der Waals surface area contributed by atoms with E-state index in [0.29, 0.717) is 12.6 Å². The first-order valence-corrected chi connectivity index (χ1v) is 7.34. The number of hydrogen-bond acceptors (Lipinski definition) is 4. The van der Waals surface area contributed by atoms with E-state index in [1.165, 1.54) is 11.1 Å². The molecule has 20 heavy (non-hydrogen) atoms. The topological polar surface area (TPSA) is 50.2 Å². The lowest BCUT2D eigenvalue weighted by atomic mass is 10.0. The standard InChI is InChI=1S/C14H21ClN4O/c1-3-7-19-14(20)13(15)12(10-17-19)18-8-5-4-6-11(18)9-16-2/h3,10-11,16H,1,4-9H2,2H3. The molecule has 0 amide bonds. The van der Waals surface area contributed by atoms with E-state index in [1.807, 2.05) is 7.05 Å². The van der Waals surface area contributed by atoms with E-state index < -0.39 is 0 Å². The van der Waals surface area contributed by atoms with E-state index in [1.54, 1.807) is 12.3 Å². The van der Waals surface area contributed by atoms with Gasteiger partial charge < -0.3 is 10.2 Å². The molecule has 2 heterocycles. The molecule has 1 fully saturated rings. The van der Waals surface area contributed by atoms with Crippen LogP contribution >= 0.6 is 11.6 Å². The van der Waals surface area contributed by atoms with Crippen molar-refractivity contribution in [3.8, 4) is 0 Å². The number of likely N-dealkylation sites (N-methyl/N-ethyl adjacent to an activating group) is 1. The van der Waals surface area contributed by atoms with Crippen LogP contribution in [0.15, 0.2) is 23.6 Å². The highest BCUT2D eigenvalue weighted by Crippen LogP contribution is 2.28. The number of piperidine rings is 1. The summed E-state index contributed by atoms with van der Waals surface area (Å²) in [6.07, 6.45) is 6.76. The first-order chi connectivity index (χ1) is 9.69. The van der Waals surface area contributed by atoms with Crippen molar-refractivity contribution in [2.24, 2.45) is 0 Å². The van der Waals surface area contributed by atoms with Crippen LogP contribution in [0.3, 0.4) is 0 Å². The maximum absolute atomic E-state index is 12.2. The predicted molar refractivity (Wildman–Crippen MR) is 82.6 cm³/mol. The zero-order chi connectivity index (χ0) is 14.5. The average Bonchev–Trinajstić information content (AvgIpc) is 2.46. The minimum atomic E-state index is -0.252. The number of halogens is 1.